The maximum atomic E-state index is 6.81. The molecule has 8 saturated heterocycles. The van der Waals surface area contributed by atoms with Crippen LogP contribution in [0.4, 0.5) is 0 Å². The lowest BCUT2D eigenvalue weighted by Gasteiger charge is -2.60. The predicted octanol–water partition coefficient (Wildman–Crippen LogP) is 6.75. The van der Waals surface area contributed by atoms with Crippen molar-refractivity contribution in [2.24, 2.45) is 47.3 Å². The number of hydrogen-bond donors (Lipinski definition) is 0. The van der Waals surface area contributed by atoms with Gasteiger partial charge in [-0.1, -0.05) is 27.7 Å². The Morgan fingerprint density at radius 1 is 0.478 bits per heavy atom. The lowest BCUT2D eigenvalue weighted by molar-refractivity contribution is -0.578. The van der Waals surface area contributed by atoms with Crippen molar-refractivity contribution in [2.75, 3.05) is 0 Å². The van der Waals surface area contributed by atoms with E-state index in [2.05, 4.69) is 27.7 Å². The van der Waals surface area contributed by atoms with Crippen LogP contribution in [0, 0.1) is 47.3 Å². The standard InChI is InChI=1S/C36H56O10/c1-19-7-13-27-21(3)29(39-31-35(27)25(19)15-17-33(5,41-31)43-45-35)37-23-9-11-24(12-10-23)38-30-22(4)28-14-8-20(2)26-16-18-34(6)42-32(40-30)36(26,28)46-44-34/h19-32H,7-18H2,1-6H3/t19-,20-,21-,22-,23?,24?,25+,26+,27+,28+,29+,30+,31-,32-,33-,34-,35-,36-/m1/s1. The Bertz CT molecular complexity index is 1080. The topological polar surface area (TPSA) is 92.3 Å². The van der Waals surface area contributed by atoms with Crippen molar-refractivity contribution in [1.29, 1.82) is 0 Å². The summed E-state index contributed by atoms with van der Waals surface area (Å²) in [6, 6.07) is 0. The maximum Gasteiger partial charge on any atom is 0.201 e. The molecule has 10 nitrogen and oxygen atoms in total. The molecular formula is C36H56O10. The molecule has 8 aliphatic heterocycles. The van der Waals surface area contributed by atoms with Gasteiger partial charge in [0.05, 0.1) is 12.2 Å². The fourth-order valence-electron chi connectivity index (χ4n) is 11.7. The van der Waals surface area contributed by atoms with E-state index >= 15 is 0 Å². The molecule has 10 heteroatoms. The van der Waals surface area contributed by atoms with Crippen LogP contribution in [0.2, 0.25) is 0 Å². The molecule has 11 aliphatic rings. The Hall–Kier alpha value is -0.400. The summed E-state index contributed by atoms with van der Waals surface area (Å²) in [5.74, 6) is 1.18. The van der Waals surface area contributed by atoms with Crippen molar-refractivity contribution in [3.8, 4) is 0 Å². The Balaban J connectivity index is 0.850. The first kappa shape index (κ1) is 31.6. The molecule has 46 heavy (non-hydrogen) atoms. The van der Waals surface area contributed by atoms with Gasteiger partial charge in [0.2, 0.25) is 11.6 Å². The third-order valence-corrected chi connectivity index (χ3v) is 14.5. The van der Waals surface area contributed by atoms with Gasteiger partial charge in [-0.25, -0.2) is 19.6 Å². The average Bonchev–Trinajstić information content (AvgIpc) is 3.41. The van der Waals surface area contributed by atoms with Crippen LogP contribution in [-0.2, 0) is 48.0 Å². The van der Waals surface area contributed by atoms with Gasteiger partial charge in [0.15, 0.2) is 36.4 Å². The third-order valence-electron chi connectivity index (χ3n) is 14.5. The summed E-state index contributed by atoms with van der Waals surface area (Å²) < 4.78 is 40.2. The second kappa shape index (κ2) is 11.0. The Morgan fingerprint density at radius 2 is 0.891 bits per heavy atom. The van der Waals surface area contributed by atoms with Crippen molar-refractivity contribution >= 4 is 0 Å². The lowest BCUT2D eigenvalue weighted by atomic mass is 9.58. The summed E-state index contributed by atoms with van der Waals surface area (Å²) in [5.41, 5.74) is -1.11. The van der Waals surface area contributed by atoms with Crippen molar-refractivity contribution in [3.05, 3.63) is 0 Å². The van der Waals surface area contributed by atoms with Crippen LogP contribution in [-0.4, -0.2) is 60.1 Å². The van der Waals surface area contributed by atoms with E-state index in [1.54, 1.807) is 0 Å². The van der Waals surface area contributed by atoms with Crippen molar-refractivity contribution in [3.63, 3.8) is 0 Å². The monoisotopic (exact) mass is 648 g/mol. The van der Waals surface area contributed by atoms with Gasteiger partial charge in [-0.05, 0) is 102 Å². The molecule has 3 aliphatic carbocycles. The summed E-state index contributed by atoms with van der Waals surface area (Å²) in [7, 11) is 0. The molecule has 4 bridgehead atoms. The fourth-order valence-corrected chi connectivity index (χ4v) is 11.7. The maximum absolute atomic E-state index is 6.81. The van der Waals surface area contributed by atoms with E-state index in [1.165, 1.54) is 12.8 Å². The lowest BCUT2D eigenvalue weighted by Crippen LogP contribution is -2.70. The Kier molecular flexibility index (Phi) is 7.58. The average molecular weight is 649 g/mol. The summed E-state index contributed by atoms with van der Waals surface area (Å²) in [4.78, 5) is 24.6. The molecule has 8 heterocycles. The van der Waals surface area contributed by atoms with E-state index in [1.807, 2.05) is 13.8 Å². The van der Waals surface area contributed by atoms with E-state index in [0.29, 0.717) is 23.7 Å². The minimum absolute atomic E-state index is 0.121. The minimum Gasteiger partial charge on any atom is -0.349 e. The van der Waals surface area contributed by atoms with Gasteiger partial charge in [-0.2, -0.15) is 0 Å². The van der Waals surface area contributed by atoms with Gasteiger partial charge >= 0.3 is 0 Å². The van der Waals surface area contributed by atoms with Crippen molar-refractivity contribution in [2.45, 2.75) is 179 Å². The van der Waals surface area contributed by atoms with E-state index in [0.717, 1.165) is 64.2 Å². The third kappa shape index (κ3) is 4.57. The summed E-state index contributed by atoms with van der Waals surface area (Å²) in [6.45, 7) is 13.2. The zero-order chi connectivity index (χ0) is 31.6. The number of fused-ring (bicyclic) bond motifs is 4. The first-order chi connectivity index (χ1) is 22.0. The quantitative estimate of drug-likeness (QED) is 0.305. The van der Waals surface area contributed by atoms with E-state index < -0.39 is 35.4 Å². The minimum atomic E-state index is -0.773. The molecule has 0 N–H and O–H groups in total. The zero-order valence-electron chi connectivity index (χ0n) is 28.7. The van der Waals surface area contributed by atoms with Crippen LogP contribution < -0.4 is 0 Å². The van der Waals surface area contributed by atoms with Crippen LogP contribution in [0.15, 0.2) is 0 Å². The summed E-state index contributed by atoms with van der Waals surface area (Å²) in [5, 5.41) is 0. The van der Waals surface area contributed by atoms with Crippen LogP contribution >= 0.6 is 0 Å². The highest BCUT2D eigenvalue weighted by Crippen LogP contribution is 2.62. The molecule has 0 aromatic heterocycles. The highest BCUT2D eigenvalue weighted by molar-refractivity contribution is 5.10. The molecular weight excluding hydrogens is 592 g/mol. The first-order valence-corrected chi connectivity index (χ1v) is 18.7. The zero-order valence-corrected chi connectivity index (χ0v) is 28.7. The predicted molar refractivity (Wildman–Crippen MR) is 162 cm³/mol. The van der Waals surface area contributed by atoms with E-state index in [4.69, 9.17) is 48.0 Å². The number of ether oxygens (including phenoxy) is 6. The Labute approximate surface area is 273 Å². The second-order valence-corrected chi connectivity index (χ2v) is 17.2. The Morgan fingerprint density at radius 3 is 1.30 bits per heavy atom. The number of hydrogen-bond acceptors (Lipinski definition) is 10. The van der Waals surface area contributed by atoms with Gasteiger partial charge < -0.3 is 28.4 Å². The molecule has 0 unspecified atom stereocenters. The molecule has 16 atom stereocenters. The first-order valence-electron chi connectivity index (χ1n) is 18.7. The van der Waals surface area contributed by atoms with Gasteiger partial charge in [0.1, 0.15) is 0 Å². The van der Waals surface area contributed by atoms with E-state index in [9.17, 15) is 0 Å². The fraction of sp³-hybridized carbons (Fsp3) is 1.00. The smallest absolute Gasteiger partial charge is 0.201 e. The highest BCUT2D eigenvalue weighted by atomic mass is 17.3. The van der Waals surface area contributed by atoms with Crippen LogP contribution in [0.3, 0.4) is 0 Å². The van der Waals surface area contributed by atoms with Gasteiger partial charge in [0, 0.05) is 36.5 Å². The van der Waals surface area contributed by atoms with Crippen molar-refractivity contribution < 1.29 is 48.0 Å². The molecule has 260 valence electrons. The molecule has 2 spiro atoms. The molecule has 0 radical (unpaired) electrons. The molecule has 3 saturated carbocycles. The van der Waals surface area contributed by atoms with E-state index in [-0.39, 0.29) is 48.5 Å². The molecule has 0 aromatic rings. The summed E-state index contributed by atoms with van der Waals surface area (Å²) >= 11 is 0. The van der Waals surface area contributed by atoms with Crippen LogP contribution in [0.1, 0.15) is 119 Å². The largest absolute Gasteiger partial charge is 0.349 e. The van der Waals surface area contributed by atoms with Crippen LogP contribution in [0.25, 0.3) is 0 Å². The van der Waals surface area contributed by atoms with Crippen LogP contribution in [0.5, 0.6) is 0 Å². The second-order valence-electron chi connectivity index (χ2n) is 17.2. The SMILES string of the molecule is C[C@H]1[C@@H](OC2CCC(O[C@H]3O[C@@H]4O[C@@]5(C)CC[C@H]6[C@H](C)CC[C@@H]([C@H]3C)[C@@]46OO5)CC2)O[C@@H]2O[C@@]3(C)CC[C@H]4[C@H](C)CC[C@@H]1[C@@]24OO3. The number of rotatable bonds is 4. The summed E-state index contributed by atoms with van der Waals surface area (Å²) in [6.07, 6.45) is 10.6. The van der Waals surface area contributed by atoms with Gasteiger partial charge in [-0.15, -0.1) is 0 Å². The molecule has 11 fully saturated rings. The van der Waals surface area contributed by atoms with Gasteiger partial charge in [-0.3, -0.25) is 0 Å². The molecule has 0 aromatic carbocycles. The van der Waals surface area contributed by atoms with Crippen molar-refractivity contribution in [1.82, 2.24) is 0 Å². The van der Waals surface area contributed by atoms with Gasteiger partial charge in [0.25, 0.3) is 0 Å². The molecule has 11 rings (SSSR count). The highest BCUT2D eigenvalue weighted by Gasteiger charge is 2.71. The normalized spacial score (nSPS) is 60.9. The molecule has 0 amide bonds.